The van der Waals surface area contributed by atoms with Gasteiger partial charge in [0.05, 0.1) is 12.6 Å². The van der Waals surface area contributed by atoms with Crippen LogP contribution in [0.15, 0.2) is 30.3 Å². The number of amides is 3. The minimum absolute atomic E-state index is 0.0623. The molecule has 0 spiro atoms. The van der Waals surface area contributed by atoms with Crippen LogP contribution in [0.2, 0.25) is 0 Å². The Balaban J connectivity index is 3.05. The van der Waals surface area contributed by atoms with Gasteiger partial charge in [-0.25, -0.2) is 4.79 Å². The fourth-order valence-corrected chi connectivity index (χ4v) is 2.63. The van der Waals surface area contributed by atoms with Gasteiger partial charge in [-0.3, -0.25) is 19.2 Å². The van der Waals surface area contributed by atoms with Crippen molar-refractivity contribution in [1.82, 2.24) is 16.0 Å². The van der Waals surface area contributed by atoms with Crippen LogP contribution in [0.4, 0.5) is 0 Å². The molecule has 0 aliphatic heterocycles. The molecule has 0 heterocycles. The second-order valence-corrected chi connectivity index (χ2v) is 7.12. The summed E-state index contributed by atoms with van der Waals surface area (Å²) in [6.07, 6.45) is -0.776. The molecular formula is C20H28N4O8. The van der Waals surface area contributed by atoms with E-state index in [4.69, 9.17) is 21.1 Å². The number of benzene rings is 1. The van der Waals surface area contributed by atoms with Crippen molar-refractivity contribution in [1.29, 1.82) is 0 Å². The normalized spacial score (nSPS) is 14.3. The zero-order valence-corrected chi connectivity index (χ0v) is 17.5. The van der Waals surface area contributed by atoms with Crippen molar-refractivity contribution >= 4 is 29.7 Å². The van der Waals surface area contributed by atoms with Gasteiger partial charge >= 0.3 is 11.9 Å². The fourth-order valence-electron chi connectivity index (χ4n) is 2.63. The van der Waals surface area contributed by atoms with E-state index in [1.54, 1.807) is 30.3 Å². The Bertz CT molecular complexity index is 815. The molecule has 4 atom stereocenters. The predicted molar refractivity (Wildman–Crippen MR) is 111 cm³/mol. The van der Waals surface area contributed by atoms with Crippen LogP contribution < -0.4 is 21.7 Å². The molecule has 0 aliphatic rings. The number of hydrogen-bond acceptors (Lipinski definition) is 7. The second kappa shape index (κ2) is 13.0. The average molecular weight is 452 g/mol. The molecular weight excluding hydrogens is 424 g/mol. The lowest BCUT2D eigenvalue weighted by Crippen LogP contribution is -2.57. The van der Waals surface area contributed by atoms with E-state index < -0.39 is 66.9 Å². The molecule has 1 aromatic carbocycles. The molecule has 0 aliphatic carbocycles. The largest absolute Gasteiger partial charge is 0.481 e. The Hall–Kier alpha value is -3.51. The van der Waals surface area contributed by atoms with Crippen LogP contribution >= 0.6 is 0 Å². The third kappa shape index (κ3) is 9.10. The maximum Gasteiger partial charge on any atom is 0.328 e. The Morgan fingerprint density at radius 1 is 0.875 bits per heavy atom. The molecule has 12 nitrogen and oxygen atoms in total. The monoisotopic (exact) mass is 452 g/mol. The summed E-state index contributed by atoms with van der Waals surface area (Å²) < 4.78 is 0. The first-order valence-corrected chi connectivity index (χ1v) is 9.81. The Labute approximate surface area is 184 Å². The number of nitrogens with one attached hydrogen (secondary N) is 3. The average Bonchev–Trinajstić information content (AvgIpc) is 2.74. The quantitative estimate of drug-likeness (QED) is 0.176. The highest BCUT2D eigenvalue weighted by Gasteiger charge is 2.30. The molecule has 32 heavy (non-hydrogen) atoms. The van der Waals surface area contributed by atoms with Crippen molar-refractivity contribution in [2.24, 2.45) is 5.73 Å². The van der Waals surface area contributed by atoms with E-state index in [1.807, 2.05) is 5.32 Å². The number of aliphatic hydroxyl groups is 1. The summed E-state index contributed by atoms with van der Waals surface area (Å²) in [6, 6.07) is 3.60. The SMILES string of the molecule is CC(N)C(=O)NC(Cc1ccccc1)C(=O)NC(CCC(=O)O)C(=O)NC(CO)C(=O)O. The smallest absolute Gasteiger partial charge is 0.328 e. The van der Waals surface area contributed by atoms with Crippen LogP contribution in [0.1, 0.15) is 25.3 Å². The van der Waals surface area contributed by atoms with E-state index in [9.17, 15) is 24.0 Å². The highest BCUT2D eigenvalue weighted by Crippen LogP contribution is 2.06. The van der Waals surface area contributed by atoms with Crippen molar-refractivity contribution in [2.75, 3.05) is 6.61 Å². The minimum atomic E-state index is -1.63. The van der Waals surface area contributed by atoms with Crippen LogP contribution in [0.25, 0.3) is 0 Å². The molecule has 0 saturated heterocycles. The number of carbonyl (C=O) groups excluding carboxylic acids is 3. The van der Waals surface area contributed by atoms with Crippen molar-refractivity contribution in [3.8, 4) is 0 Å². The number of carboxylic acid groups (broad SMARTS) is 2. The summed E-state index contributed by atoms with van der Waals surface area (Å²) in [7, 11) is 0. The van der Waals surface area contributed by atoms with Crippen LogP contribution in [0.5, 0.6) is 0 Å². The van der Waals surface area contributed by atoms with Gasteiger partial charge in [-0.1, -0.05) is 30.3 Å². The first kappa shape index (κ1) is 26.5. The topological polar surface area (TPSA) is 208 Å². The molecule has 12 heteroatoms. The van der Waals surface area contributed by atoms with Crippen molar-refractivity contribution < 1.29 is 39.3 Å². The van der Waals surface area contributed by atoms with Gasteiger partial charge < -0.3 is 37.0 Å². The lowest BCUT2D eigenvalue weighted by Gasteiger charge is -2.24. The number of aliphatic carboxylic acids is 2. The molecule has 0 saturated carbocycles. The first-order chi connectivity index (χ1) is 15.0. The molecule has 4 unspecified atom stereocenters. The zero-order valence-electron chi connectivity index (χ0n) is 17.5. The van der Waals surface area contributed by atoms with Gasteiger partial charge in [0.2, 0.25) is 17.7 Å². The van der Waals surface area contributed by atoms with Gasteiger partial charge in [-0.2, -0.15) is 0 Å². The number of carbonyl (C=O) groups is 5. The van der Waals surface area contributed by atoms with E-state index in [2.05, 4.69) is 10.6 Å². The zero-order chi connectivity index (χ0) is 24.3. The van der Waals surface area contributed by atoms with Crippen LogP contribution in [-0.2, 0) is 30.4 Å². The molecule has 3 amide bonds. The van der Waals surface area contributed by atoms with Crippen LogP contribution in [0.3, 0.4) is 0 Å². The first-order valence-electron chi connectivity index (χ1n) is 9.81. The van der Waals surface area contributed by atoms with Crippen LogP contribution in [0, 0.1) is 0 Å². The van der Waals surface area contributed by atoms with Crippen LogP contribution in [-0.4, -0.2) is 75.8 Å². The van der Waals surface area contributed by atoms with Gasteiger partial charge in [0.1, 0.15) is 18.1 Å². The molecule has 0 fully saturated rings. The third-order valence-corrected chi connectivity index (χ3v) is 4.41. The molecule has 0 bridgehead atoms. The summed E-state index contributed by atoms with van der Waals surface area (Å²) in [5, 5.41) is 33.9. The van der Waals surface area contributed by atoms with Crippen molar-refractivity contribution in [3.05, 3.63) is 35.9 Å². The molecule has 0 radical (unpaired) electrons. The van der Waals surface area contributed by atoms with Crippen molar-refractivity contribution in [2.45, 2.75) is 50.4 Å². The maximum atomic E-state index is 12.9. The summed E-state index contributed by atoms with van der Waals surface area (Å²) in [5.74, 6) is -5.13. The summed E-state index contributed by atoms with van der Waals surface area (Å²) in [6.45, 7) is 0.526. The van der Waals surface area contributed by atoms with Crippen molar-refractivity contribution in [3.63, 3.8) is 0 Å². The summed E-state index contributed by atoms with van der Waals surface area (Å²) in [5.41, 5.74) is 6.26. The summed E-state index contributed by atoms with van der Waals surface area (Å²) in [4.78, 5) is 59.4. The lowest BCUT2D eigenvalue weighted by atomic mass is 10.0. The van der Waals surface area contributed by atoms with E-state index in [0.717, 1.165) is 0 Å². The Morgan fingerprint density at radius 2 is 1.41 bits per heavy atom. The fraction of sp³-hybridized carbons (Fsp3) is 0.450. The Morgan fingerprint density at radius 3 is 1.91 bits per heavy atom. The molecule has 1 rings (SSSR count). The second-order valence-electron chi connectivity index (χ2n) is 7.12. The third-order valence-electron chi connectivity index (χ3n) is 4.41. The lowest BCUT2D eigenvalue weighted by molar-refractivity contribution is -0.144. The maximum absolute atomic E-state index is 12.9. The summed E-state index contributed by atoms with van der Waals surface area (Å²) >= 11 is 0. The highest BCUT2D eigenvalue weighted by molar-refractivity contribution is 5.94. The number of nitrogens with two attached hydrogens (primary N) is 1. The van der Waals surface area contributed by atoms with Gasteiger partial charge in [-0.05, 0) is 18.9 Å². The van der Waals surface area contributed by atoms with Gasteiger partial charge in [-0.15, -0.1) is 0 Å². The number of rotatable bonds is 13. The van der Waals surface area contributed by atoms with Gasteiger partial charge in [0.25, 0.3) is 0 Å². The van der Waals surface area contributed by atoms with E-state index >= 15 is 0 Å². The minimum Gasteiger partial charge on any atom is -0.481 e. The molecule has 0 aromatic heterocycles. The van der Waals surface area contributed by atoms with E-state index in [0.29, 0.717) is 5.56 Å². The number of hydrogen-bond donors (Lipinski definition) is 7. The van der Waals surface area contributed by atoms with E-state index in [1.165, 1.54) is 6.92 Å². The van der Waals surface area contributed by atoms with E-state index in [-0.39, 0.29) is 12.8 Å². The Kier molecular flexibility index (Phi) is 10.8. The number of aliphatic hydroxyl groups excluding tert-OH is 1. The highest BCUT2D eigenvalue weighted by atomic mass is 16.4. The molecule has 8 N–H and O–H groups in total. The molecule has 176 valence electrons. The standard InChI is InChI=1S/C20H28N4O8/c1-11(21)17(28)23-14(9-12-5-3-2-4-6-12)19(30)22-13(7-8-16(26)27)18(29)24-15(10-25)20(31)32/h2-6,11,13-15,25H,7-10,21H2,1H3,(H,22,30)(H,23,28)(H,24,29)(H,26,27)(H,31,32). The number of carboxylic acids is 2. The molecule has 1 aromatic rings. The van der Waals surface area contributed by atoms with Gasteiger partial charge in [0, 0.05) is 12.8 Å². The van der Waals surface area contributed by atoms with Gasteiger partial charge in [0.15, 0.2) is 0 Å². The predicted octanol–water partition coefficient (Wildman–Crippen LogP) is -2.03.